The quantitative estimate of drug-likeness (QED) is 0.665. The fraction of sp³-hybridized carbons (Fsp3) is 0.400. The monoisotopic (exact) mass is 334 g/mol. The Bertz CT molecular complexity index is 635. The minimum Gasteiger partial charge on any atom is -0.271 e. The third kappa shape index (κ3) is 2.20. The van der Waals surface area contributed by atoms with Gasteiger partial charge in [0.25, 0.3) is 0 Å². The second kappa shape index (κ2) is 5.31. The second-order valence-electron chi connectivity index (χ2n) is 5.46. The van der Waals surface area contributed by atoms with Crippen molar-refractivity contribution in [1.29, 1.82) is 0 Å². The highest BCUT2D eigenvalue weighted by molar-refractivity contribution is 9.10. The Kier molecular flexibility index (Phi) is 3.67. The Morgan fingerprint density at radius 2 is 2.25 bits per heavy atom. The number of aryl methyl sites for hydroxylation is 2. The number of hydrazine groups is 1. The van der Waals surface area contributed by atoms with E-state index in [1.807, 2.05) is 18.7 Å². The van der Waals surface area contributed by atoms with Crippen LogP contribution in [0.15, 0.2) is 28.7 Å². The molecule has 1 aromatic carbocycles. The van der Waals surface area contributed by atoms with Crippen molar-refractivity contribution in [2.45, 2.75) is 31.7 Å². The molecule has 0 amide bonds. The van der Waals surface area contributed by atoms with E-state index in [0.717, 1.165) is 23.0 Å². The summed E-state index contributed by atoms with van der Waals surface area (Å²) >= 11 is 3.63. The Morgan fingerprint density at radius 3 is 2.85 bits per heavy atom. The molecule has 0 fully saturated rings. The first-order chi connectivity index (χ1) is 9.61. The molecule has 1 heterocycles. The predicted molar refractivity (Wildman–Crippen MR) is 83.3 cm³/mol. The van der Waals surface area contributed by atoms with Crippen LogP contribution in [0.4, 0.5) is 0 Å². The molecule has 0 saturated carbocycles. The molecule has 2 unspecified atom stereocenters. The summed E-state index contributed by atoms with van der Waals surface area (Å²) in [6, 6.07) is 8.83. The molecule has 20 heavy (non-hydrogen) atoms. The number of rotatable bonds is 4. The maximum Gasteiger partial charge on any atom is 0.0738 e. The van der Waals surface area contributed by atoms with Crippen molar-refractivity contribution >= 4 is 15.9 Å². The fourth-order valence-corrected chi connectivity index (χ4v) is 3.58. The maximum atomic E-state index is 5.80. The summed E-state index contributed by atoms with van der Waals surface area (Å²) in [4.78, 5) is 0. The molecule has 3 rings (SSSR count). The smallest absolute Gasteiger partial charge is 0.0738 e. The first-order valence-corrected chi connectivity index (χ1v) is 7.63. The largest absolute Gasteiger partial charge is 0.271 e. The van der Waals surface area contributed by atoms with Gasteiger partial charge >= 0.3 is 0 Å². The topological polar surface area (TPSA) is 55.9 Å². The van der Waals surface area contributed by atoms with Gasteiger partial charge in [-0.05, 0) is 40.4 Å². The van der Waals surface area contributed by atoms with Crippen LogP contribution in [0.25, 0.3) is 0 Å². The summed E-state index contributed by atoms with van der Waals surface area (Å²) in [6.45, 7) is 2.01. The molecule has 1 aliphatic carbocycles. The summed E-state index contributed by atoms with van der Waals surface area (Å²) in [7, 11) is 1.98. The fourth-order valence-electron chi connectivity index (χ4n) is 3.08. The van der Waals surface area contributed by atoms with Gasteiger partial charge < -0.3 is 0 Å². The number of fused-ring (bicyclic) bond motifs is 1. The van der Waals surface area contributed by atoms with Crippen LogP contribution in [0.3, 0.4) is 0 Å². The van der Waals surface area contributed by atoms with Crippen LogP contribution in [-0.4, -0.2) is 15.8 Å². The van der Waals surface area contributed by atoms with Crippen molar-refractivity contribution in [2.75, 3.05) is 0 Å². The van der Waals surface area contributed by atoms with Gasteiger partial charge in [-0.3, -0.25) is 16.0 Å². The van der Waals surface area contributed by atoms with E-state index in [2.05, 4.69) is 50.7 Å². The lowest BCUT2D eigenvalue weighted by Gasteiger charge is -2.36. The number of benzene rings is 1. The molecule has 0 radical (unpaired) electrons. The Hall–Kier alpha value is -1.17. The molecule has 0 saturated heterocycles. The van der Waals surface area contributed by atoms with Crippen LogP contribution in [0.1, 0.15) is 28.4 Å². The lowest BCUT2D eigenvalue weighted by molar-refractivity contribution is 0.396. The zero-order chi connectivity index (χ0) is 14.3. The molecule has 1 aliphatic rings. The average Bonchev–Trinajstić information content (AvgIpc) is 2.65. The zero-order valence-corrected chi connectivity index (χ0v) is 13.3. The van der Waals surface area contributed by atoms with E-state index in [-0.39, 0.29) is 6.04 Å². The highest BCUT2D eigenvalue weighted by atomic mass is 79.9. The molecule has 106 valence electrons. The zero-order valence-electron chi connectivity index (χ0n) is 11.7. The molecule has 0 aliphatic heterocycles. The van der Waals surface area contributed by atoms with Crippen molar-refractivity contribution in [3.05, 3.63) is 51.3 Å². The number of nitrogens with zero attached hydrogens (tertiary/aromatic N) is 2. The lowest BCUT2D eigenvalue weighted by atomic mass is 9.72. The van der Waals surface area contributed by atoms with Gasteiger partial charge in [-0.1, -0.05) is 24.3 Å². The molecule has 0 bridgehead atoms. The first kappa shape index (κ1) is 13.8. The number of hydrogen-bond donors (Lipinski definition) is 2. The van der Waals surface area contributed by atoms with E-state index in [9.17, 15) is 0 Å². The van der Waals surface area contributed by atoms with Crippen LogP contribution in [0, 0.1) is 6.92 Å². The van der Waals surface area contributed by atoms with Crippen molar-refractivity contribution in [1.82, 2.24) is 15.2 Å². The SMILES string of the molecule is Cc1nn(C)c(CC(NN)C2Cc3ccccc32)c1Br. The molecule has 3 N–H and O–H groups in total. The Morgan fingerprint density at radius 1 is 1.50 bits per heavy atom. The van der Waals surface area contributed by atoms with Crippen LogP contribution in [-0.2, 0) is 19.9 Å². The van der Waals surface area contributed by atoms with E-state index in [1.54, 1.807) is 0 Å². The van der Waals surface area contributed by atoms with E-state index in [1.165, 1.54) is 16.8 Å². The molecule has 0 spiro atoms. The summed E-state index contributed by atoms with van der Waals surface area (Å²) in [6.07, 6.45) is 1.97. The van der Waals surface area contributed by atoms with Crippen molar-refractivity contribution < 1.29 is 0 Å². The van der Waals surface area contributed by atoms with E-state index < -0.39 is 0 Å². The van der Waals surface area contributed by atoms with Gasteiger partial charge in [0.1, 0.15) is 0 Å². The van der Waals surface area contributed by atoms with Gasteiger partial charge in [-0.15, -0.1) is 0 Å². The summed E-state index contributed by atoms with van der Waals surface area (Å²) in [5.41, 5.74) is 8.07. The lowest BCUT2D eigenvalue weighted by Crippen LogP contribution is -2.45. The standard InChI is InChI=1S/C15H19BrN4/c1-9-15(16)14(20(2)19-9)8-13(18-17)12-7-10-5-3-4-6-11(10)12/h3-6,12-13,18H,7-8,17H2,1-2H3. The number of nitrogens with one attached hydrogen (secondary N) is 1. The number of nitrogens with two attached hydrogens (primary N) is 1. The van der Waals surface area contributed by atoms with E-state index >= 15 is 0 Å². The third-order valence-electron chi connectivity index (χ3n) is 4.27. The number of aromatic nitrogens is 2. The number of hydrogen-bond acceptors (Lipinski definition) is 3. The molecule has 1 aromatic heterocycles. The molecule has 2 atom stereocenters. The minimum absolute atomic E-state index is 0.232. The Labute approximate surface area is 127 Å². The highest BCUT2D eigenvalue weighted by Crippen LogP contribution is 2.38. The summed E-state index contributed by atoms with van der Waals surface area (Å²) in [5, 5.41) is 4.45. The van der Waals surface area contributed by atoms with Gasteiger partial charge in [0.15, 0.2) is 0 Å². The first-order valence-electron chi connectivity index (χ1n) is 6.83. The summed E-state index contributed by atoms with van der Waals surface area (Å²) in [5.74, 6) is 6.28. The van der Waals surface area contributed by atoms with Crippen LogP contribution >= 0.6 is 15.9 Å². The van der Waals surface area contributed by atoms with Crippen molar-refractivity contribution in [2.24, 2.45) is 12.9 Å². The average molecular weight is 335 g/mol. The normalized spacial score (nSPS) is 18.5. The van der Waals surface area contributed by atoms with Crippen LogP contribution in [0.2, 0.25) is 0 Å². The second-order valence-corrected chi connectivity index (χ2v) is 6.25. The highest BCUT2D eigenvalue weighted by Gasteiger charge is 2.33. The Balaban J connectivity index is 1.83. The molecular formula is C15H19BrN4. The van der Waals surface area contributed by atoms with Crippen molar-refractivity contribution in [3.8, 4) is 0 Å². The van der Waals surface area contributed by atoms with Crippen molar-refractivity contribution in [3.63, 3.8) is 0 Å². The molecule has 2 aromatic rings. The molecule has 4 nitrogen and oxygen atoms in total. The minimum atomic E-state index is 0.232. The molecule has 5 heteroatoms. The van der Waals surface area contributed by atoms with Gasteiger partial charge in [-0.2, -0.15) is 5.10 Å². The van der Waals surface area contributed by atoms with Gasteiger partial charge in [0, 0.05) is 25.4 Å². The third-order valence-corrected chi connectivity index (χ3v) is 5.30. The van der Waals surface area contributed by atoms with E-state index in [4.69, 9.17) is 5.84 Å². The van der Waals surface area contributed by atoms with E-state index in [0.29, 0.717) is 5.92 Å². The number of halogens is 1. The predicted octanol–water partition coefficient (Wildman–Crippen LogP) is 2.21. The van der Waals surface area contributed by atoms with Gasteiger partial charge in [-0.25, -0.2) is 0 Å². The summed E-state index contributed by atoms with van der Waals surface area (Å²) < 4.78 is 3.03. The van der Waals surface area contributed by atoms with Gasteiger partial charge in [0.05, 0.1) is 15.9 Å². The maximum absolute atomic E-state index is 5.80. The van der Waals surface area contributed by atoms with Crippen LogP contribution in [0.5, 0.6) is 0 Å². The van der Waals surface area contributed by atoms with Gasteiger partial charge in [0.2, 0.25) is 0 Å². The van der Waals surface area contributed by atoms with Crippen LogP contribution < -0.4 is 11.3 Å². The molecular weight excluding hydrogens is 316 g/mol.